The molecule has 0 spiro atoms. The summed E-state index contributed by atoms with van der Waals surface area (Å²) < 4.78 is 5.80. The van der Waals surface area contributed by atoms with Gasteiger partial charge in [-0.2, -0.15) is 0 Å². The fourth-order valence-corrected chi connectivity index (χ4v) is 3.68. The number of ketones is 1. The second-order valence-corrected chi connectivity index (χ2v) is 6.60. The van der Waals surface area contributed by atoms with Gasteiger partial charge in [-0.05, 0) is 25.5 Å². The number of carbonyl (C=O) groups excluding carboxylic acids is 2. The van der Waals surface area contributed by atoms with Gasteiger partial charge in [0.25, 0.3) is 5.91 Å². The molecule has 1 aliphatic carbocycles. The van der Waals surface area contributed by atoms with Crippen molar-refractivity contribution in [2.45, 2.75) is 26.2 Å². The molecule has 1 saturated heterocycles. The highest BCUT2D eigenvalue weighted by Crippen LogP contribution is 2.30. The Hall–Kier alpha value is -2.63. The van der Waals surface area contributed by atoms with E-state index in [9.17, 15) is 9.59 Å². The van der Waals surface area contributed by atoms with Crippen molar-refractivity contribution in [2.75, 3.05) is 31.1 Å². The highest BCUT2D eigenvalue weighted by Gasteiger charge is 2.32. The van der Waals surface area contributed by atoms with E-state index in [0.29, 0.717) is 42.2 Å². The number of fused-ring (bicyclic) bond motifs is 1. The predicted molar refractivity (Wildman–Crippen MR) is 93.1 cm³/mol. The lowest BCUT2D eigenvalue weighted by Gasteiger charge is -2.35. The van der Waals surface area contributed by atoms with Crippen LogP contribution in [0.1, 0.15) is 45.1 Å². The minimum atomic E-state index is -0.111. The quantitative estimate of drug-likeness (QED) is 0.841. The number of pyridine rings is 1. The third-order valence-electron chi connectivity index (χ3n) is 5.04. The Balaban J connectivity index is 1.49. The molecule has 1 aliphatic heterocycles. The van der Waals surface area contributed by atoms with E-state index in [0.717, 1.165) is 31.7 Å². The van der Waals surface area contributed by atoms with Gasteiger partial charge in [-0.1, -0.05) is 6.07 Å². The minimum Gasteiger partial charge on any atom is -0.455 e. The Bertz CT molecular complexity index is 805. The van der Waals surface area contributed by atoms with Gasteiger partial charge >= 0.3 is 0 Å². The first-order valence-corrected chi connectivity index (χ1v) is 8.76. The molecule has 0 unspecified atom stereocenters. The summed E-state index contributed by atoms with van der Waals surface area (Å²) in [7, 11) is 0. The number of amides is 1. The molecule has 2 aliphatic rings. The highest BCUT2D eigenvalue weighted by molar-refractivity contribution is 6.03. The van der Waals surface area contributed by atoms with Gasteiger partial charge in [-0.25, -0.2) is 4.98 Å². The van der Waals surface area contributed by atoms with Crippen LogP contribution in [0.4, 0.5) is 5.82 Å². The van der Waals surface area contributed by atoms with Crippen molar-refractivity contribution in [3.05, 3.63) is 47.0 Å². The number of furan rings is 1. The highest BCUT2D eigenvalue weighted by atomic mass is 16.4. The maximum Gasteiger partial charge on any atom is 0.289 e. The van der Waals surface area contributed by atoms with Crippen molar-refractivity contribution in [1.29, 1.82) is 0 Å². The summed E-state index contributed by atoms with van der Waals surface area (Å²) in [4.78, 5) is 33.3. The van der Waals surface area contributed by atoms with E-state index in [1.165, 1.54) is 0 Å². The molecular formula is C19H21N3O3. The summed E-state index contributed by atoms with van der Waals surface area (Å²) >= 11 is 0. The Morgan fingerprint density at radius 2 is 1.96 bits per heavy atom. The number of rotatable bonds is 2. The Labute approximate surface area is 146 Å². The summed E-state index contributed by atoms with van der Waals surface area (Å²) in [6, 6.07) is 5.84. The fraction of sp³-hybridized carbons (Fsp3) is 0.421. The standard InChI is InChI=1S/C19H21N3O3/c1-13-17-14(23)5-4-6-15(17)25-18(13)19(24)22-11-9-21(10-12-22)16-7-2-3-8-20-16/h2-3,7-8H,4-6,9-12H2,1H3. The second-order valence-electron chi connectivity index (χ2n) is 6.60. The largest absolute Gasteiger partial charge is 0.455 e. The normalized spacial score (nSPS) is 17.6. The molecule has 3 heterocycles. The third-order valence-corrected chi connectivity index (χ3v) is 5.04. The minimum absolute atomic E-state index is 0.0986. The summed E-state index contributed by atoms with van der Waals surface area (Å²) in [5.41, 5.74) is 1.35. The van der Waals surface area contributed by atoms with Crippen LogP contribution in [-0.2, 0) is 6.42 Å². The van der Waals surface area contributed by atoms with E-state index >= 15 is 0 Å². The van der Waals surface area contributed by atoms with Crippen molar-refractivity contribution >= 4 is 17.5 Å². The number of aryl methyl sites for hydroxylation is 1. The first-order chi connectivity index (χ1) is 12.1. The number of Topliss-reactive ketones (excluding diaryl/α,β-unsaturated/α-hetero) is 1. The molecule has 2 aromatic rings. The van der Waals surface area contributed by atoms with Gasteiger partial charge in [0, 0.05) is 50.8 Å². The summed E-state index contributed by atoms with van der Waals surface area (Å²) in [6.07, 6.45) is 3.86. The van der Waals surface area contributed by atoms with Crippen LogP contribution >= 0.6 is 0 Å². The van der Waals surface area contributed by atoms with Gasteiger partial charge < -0.3 is 14.2 Å². The zero-order chi connectivity index (χ0) is 17.4. The molecule has 25 heavy (non-hydrogen) atoms. The van der Waals surface area contributed by atoms with Gasteiger partial charge in [-0.15, -0.1) is 0 Å². The van der Waals surface area contributed by atoms with Gasteiger partial charge in [0.05, 0.1) is 5.56 Å². The van der Waals surface area contributed by atoms with Gasteiger partial charge in [0.2, 0.25) is 0 Å². The van der Waals surface area contributed by atoms with E-state index < -0.39 is 0 Å². The number of carbonyl (C=O) groups is 2. The lowest BCUT2D eigenvalue weighted by Crippen LogP contribution is -2.49. The molecule has 0 radical (unpaired) electrons. The molecule has 6 heteroatoms. The van der Waals surface area contributed by atoms with Crippen LogP contribution in [0.5, 0.6) is 0 Å². The smallest absolute Gasteiger partial charge is 0.289 e. The molecule has 0 bridgehead atoms. The summed E-state index contributed by atoms with van der Waals surface area (Å²) in [5, 5.41) is 0. The van der Waals surface area contributed by atoms with E-state index in [2.05, 4.69) is 9.88 Å². The average molecular weight is 339 g/mol. The molecule has 6 nitrogen and oxygen atoms in total. The molecular weight excluding hydrogens is 318 g/mol. The molecule has 1 amide bonds. The molecule has 0 N–H and O–H groups in total. The zero-order valence-corrected chi connectivity index (χ0v) is 14.3. The van der Waals surface area contributed by atoms with Crippen LogP contribution in [0.25, 0.3) is 0 Å². The van der Waals surface area contributed by atoms with Gasteiger partial charge in [0.1, 0.15) is 11.6 Å². The van der Waals surface area contributed by atoms with Gasteiger partial charge in [0.15, 0.2) is 11.5 Å². The Kier molecular flexibility index (Phi) is 4.03. The molecule has 0 aromatic carbocycles. The Morgan fingerprint density at radius 3 is 2.64 bits per heavy atom. The van der Waals surface area contributed by atoms with Crippen LogP contribution < -0.4 is 4.90 Å². The van der Waals surface area contributed by atoms with Crippen LogP contribution in [0.2, 0.25) is 0 Å². The van der Waals surface area contributed by atoms with Crippen molar-refractivity contribution in [3.63, 3.8) is 0 Å². The van der Waals surface area contributed by atoms with E-state index in [1.54, 1.807) is 11.1 Å². The second kappa shape index (κ2) is 6.35. The number of anilines is 1. The molecule has 0 atom stereocenters. The maximum atomic E-state index is 12.9. The van der Waals surface area contributed by atoms with Crippen molar-refractivity contribution < 1.29 is 14.0 Å². The first-order valence-electron chi connectivity index (χ1n) is 8.76. The van der Waals surface area contributed by atoms with Crippen molar-refractivity contribution in [1.82, 2.24) is 9.88 Å². The van der Waals surface area contributed by atoms with Crippen LogP contribution in [0.15, 0.2) is 28.8 Å². The molecule has 0 saturated carbocycles. The number of aromatic nitrogens is 1. The average Bonchev–Trinajstić information content (AvgIpc) is 3.00. The Morgan fingerprint density at radius 1 is 1.16 bits per heavy atom. The summed E-state index contributed by atoms with van der Waals surface area (Å²) in [6.45, 7) is 4.54. The van der Waals surface area contributed by atoms with Crippen LogP contribution in [0.3, 0.4) is 0 Å². The maximum absolute atomic E-state index is 12.9. The van der Waals surface area contributed by atoms with Crippen LogP contribution in [-0.4, -0.2) is 47.8 Å². The number of hydrogen-bond acceptors (Lipinski definition) is 5. The fourth-order valence-electron chi connectivity index (χ4n) is 3.68. The third kappa shape index (κ3) is 2.81. The predicted octanol–water partition coefficient (Wildman–Crippen LogP) is 2.46. The molecule has 2 aromatic heterocycles. The van der Waals surface area contributed by atoms with Crippen molar-refractivity contribution in [2.24, 2.45) is 0 Å². The lowest BCUT2D eigenvalue weighted by molar-refractivity contribution is 0.0711. The molecule has 4 rings (SSSR count). The molecule has 130 valence electrons. The SMILES string of the molecule is Cc1c(C(=O)N2CCN(c3ccccn3)CC2)oc2c1C(=O)CCC2. The molecule has 1 fully saturated rings. The first kappa shape index (κ1) is 15.9. The topological polar surface area (TPSA) is 66.7 Å². The van der Waals surface area contributed by atoms with E-state index in [4.69, 9.17) is 4.42 Å². The van der Waals surface area contributed by atoms with Crippen molar-refractivity contribution in [3.8, 4) is 0 Å². The van der Waals surface area contributed by atoms with E-state index in [-0.39, 0.29) is 11.7 Å². The number of nitrogens with zero attached hydrogens (tertiary/aromatic N) is 3. The zero-order valence-electron chi connectivity index (χ0n) is 14.3. The lowest BCUT2D eigenvalue weighted by atomic mass is 9.94. The summed E-state index contributed by atoms with van der Waals surface area (Å²) in [5.74, 6) is 1.95. The number of hydrogen-bond donors (Lipinski definition) is 0. The monoisotopic (exact) mass is 339 g/mol. The van der Waals surface area contributed by atoms with Crippen LogP contribution in [0, 0.1) is 6.92 Å². The number of piperazine rings is 1. The van der Waals surface area contributed by atoms with Gasteiger partial charge in [-0.3, -0.25) is 9.59 Å². The van der Waals surface area contributed by atoms with E-state index in [1.807, 2.05) is 25.1 Å².